The van der Waals surface area contributed by atoms with Crippen molar-refractivity contribution in [1.82, 2.24) is 4.90 Å². The molecule has 0 spiro atoms. The second-order valence-electron chi connectivity index (χ2n) is 10.1. The van der Waals surface area contributed by atoms with Gasteiger partial charge in [-0.15, -0.1) is 0 Å². The summed E-state index contributed by atoms with van der Waals surface area (Å²) < 4.78 is 12.4. The normalized spacial score (nSPS) is 16.4. The molecule has 1 heterocycles. The van der Waals surface area contributed by atoms with Crippen LogP contribution < -0.4 is 0 Å². The zero-order valence-corrected chi connectivity index (χ0v) is 20.6. The minimum atomic E-state index is -0.220. The largest absolute Gasteiger partial charge is 0.303 e. The first-order chi connectivity index (χ1) is 17.2. The van der Waals surface area contributed by atoms with E-state index in [1.165, 1.54) is 39.0 Å². The fraction of sp³-hybridized carbons (Fsp3) is 0.344. The number of benzene rings is 3. The molecule has 1 aliphatic carbocycles. The van der Waals surface area contributed by atoms with Crippen LogP contribution in [0.4, 0.5) is 4.39 Å². The Morgan fingerprint density at radius 1 is 0.971 bits per heavy atom. The van der Waals surface area contributed by atoms with Crippen LogP contribution in [0, 0.1) is 24.2 Å². The number of likely N-dealkylation sites (tertiary alicyclic amines) is 1. The van der Waals surface area contributed by atoms with Crippen molar-refractivity contribution in [2.45, 2.75) is 39.0 Å². The quantitative estimate of drug-likeness (QED) is 0.377. The summed E-state index contributed by atoms with van der Waals surface area (Å²) >= 11 is 0. The molecule has 2 nitrogen and oxygen atoms in total. The van der Waals surface area contributed by atoms with E-state index in [0.29, 0.717) is 12.3 Å². The van der Waals surface area contributed by atoms with Gasteiger partial charge in [0.1, 0.15) is 0 Å². The summed E-state index contributed by atoms with van der Waals surface area (Å²) in [5.41, 5.74) is 10.8. The van der Waals surface area contributed by atoms with E-state index in [2.05, 4.69) is 72.5 Å². The third-order valence-electron chi connectivity index (χ3n) is 7.49. The molecule has 3 aromatic carbocycles. The monoisotopic (exact) mass is 464 g/mol. The van der Waals surface area contributed by atoms with Crippen LogP contribution in [0.25, 0.3) is 11.1 Å². The van der Waals surface area contributed by atoms with E-state index < -0.39 is 0 Å². The molecule has 5 rings (SSSR count). The molecule has 0 amide bonds. The Morgan fingerprint density at radius 2 is 1.77 bits per heavy atom. The number of hydrogen-bond donors (Lipinski definition) is 0. The van der Waals surface area contributed by atoms with Crippen molar-refractivity contribution in [3.63, 3.8) is 0 Å². The van der Waals surface area contributed by atoms with Gasteiger partial charge >= 0.3 is 0 Å². The lowest BCUT2D eigenvalue weighted by atomic mass is 9.85. The van der Waals surface area contributed by atoms with Crippen LogP contribution in [0.2, 0.25) is 0 Å². The summed E-state index contributed by atoms with van der Waals surface area (Å²) in [7, 11) is 0. The molecule has 3 heteroatoms. The number of hydrogen-bond acceptors (Lipinski definition) is 2. The van der Waals surface area contributed by atoms with Crippen LogP contribution in [-0.2, 0) is 12.8 Å². The van der Waals surface area contributed by atoms with Crippen LogP contribution in [0.3, 0.4) is 0 Å². The van der Waals surface area contributed by atoms with E-state index in [4.69, 9.17) is 0 Å². The second-order valence-corrected chi connectivity index (χ2v) is 10.1. The first-order valence-electron chi connectivity index (χ1n) is 12.9. The highest BCUT2D eigenvalue weighted by molar-refractivity contribution is 6.00. The molecular weight excluding hydrogens is 431 g/mol. The Hall–Kier alpha value is -3.22. The van der Waals surface area contributed by atoms with Crippen molar-refractivity contribution in [2.75, 3.05) is 26.3 Å². The summed E-state index contributed by atoms with van der Waals surface area (Å²) in [5, 5.41) is 9.88. The molecule has 1 fully saturated rings. The maximum absolute atomic E-state index is 12.4. The molecule has 3 aromatic rings. The predicted octanol–water partition coefficient (Wildman–Crippen LogP) is 7.00. The van der Waals surface area contributed by atoms with Crippen molar-refractivity contribution in [2.24, 2.45) is 5.92 Å². The molecule has 0 radical (unpaired) electrons. The summed E-state index contributed by atoms with van der Waals surface area (Å²) in [6.07, 6.45) is 4.81. The van der Waals surface area contributed by atoms with Gasteiger partial charge in [0, 0.05) is 19.6 Å². The first kappa shape index (κ1) is 23.5. The lowest BCUT2D eigenvalue weighted by Crippen LogP contribution is -2.47. The number of rotatable bonds is 7. The fourth-order valence-electron chi connectivity index (χ4n) is 5.74. The molecule has 0 N–H and O–H groups in total. The van der Waals surface area contributed by atoms with Gasteiger partial charge in [0.15, 0.2) is 0 Å². The topological polar surface area (TPSA) is 27.0 Å². The van der Waals surface area contributed by atoms with Crippen molar-refractivity contribution in [1.29, 1.82) is 5.26 Å². The summed E-state index contributed by atoms with van der Waals surface area (Å²) in [5.74, 6) is 0.666. The maximum Gasteiger partial charge on any atom is 0.0998 e. The van der Waals surface area contributed by atoms with Gasteiger partial charge in [0.25, 0.3) is 0 Å². The number of allylic oxidation sites excluding steroid dienone is 1. The Kier molecular flexibility index (Phi) is 7.11. The van der Waals surface area contributed by atoms with E-state index >= 15 is 0 Å². The van der Waals surface area contributed by atoms with Crippen molar-refractivity contribution < 1.29 is 4.39 Å². The van der Waals surface area contributed by atoms with E-state index in [1.54, 1.807) is 0 Å². The molecule has 1 saturated heterocycles. The summed E-state index contributed by atoms with van der Waals surface area (Å²) in [4.78, 5) is 2.35. The smallest absolute Gasteiger partial charge is 0.0998 e. The Balaban J connectivity index is 1.50. The van der Waals surface area contributed by atoms with Gasteiger partial charge in [-0.3, -0.25) is 4.39 Å². The lowest BCUT2D eigenvalue weighted by molar-refractivity contribution is 0.0968. The van der Waals surface area contributed by atoms with Gasteiger partial charge in [-0.25, -0.2) is 0 Å². The van der Waals surface area contributed by atoms with Crippen molar-refractivity contribution in [3.05, 3.63) is 106 Å². The minimum absolute atomic E-state index is 0.220. The highest BCUT2D eigenvalue weighted by atomic mass is 19.1. The molecule has 0 aromatic heterocycles. The van der Waals surface area contributed by atoms with Crippen LogP contribution >= 0.6 is 0 Å². The molecule has 178 valence electrons. The zero-order valence-electron chi connectivity index (χ0n) is 20.6. The number of nitrogens with zero attached hydrogens (tertiary/aromatic N) is 2. The van der Waals surface area contributed by atoms with Crippen LogP contribution in [0.5, 0.6) is 0 Å². The molecule has 35 heavy (non-hydrogen) atoms. The minimum Gasteiger partial charge on any atom is -0.303 e. The highest BCUT2D eigenvalue weighted by Crippen LogP contribution is 2.41. The van der Waals surface area contributed by atoms with Crippen molar-refractivity contribution >= 4 is 11.1 Å². The highest BCUT2D eigenvalue weighted by Gasteiger charge is 2.26. The van der Waals surface area contributed by atoms with E-state index in [0.717, 1.165) is 56.4 Å². The van der Waals surface area contributed by atoms with Crippen molar-refractivity contribution in [3.8, 4) is 6.07 Å². The molecule has 0 bridgehead atoms. The predicted molar refractivity (Wildman–Crippen MR) is 142 cm³/mol. The molecule has 0 atom stereocenters. The molecule has 1 aliphatic heterocycles. The van der Waals surface area contributed by atoms with Gasteiger partial charge in [-0.2, -0.15) is 5.26 Å². The SMILES string of the molecule is Cc1ccc(C#N)c(C2=C(c3ccc(CC4CN(CCCF)C4)cc3)c3ccccc3CCC2)c1. The van der Waals surface area contributed by atoms with E-state index in [1.807, 2.05) is 12.1 Å². The van der Waals surface area contributed by atoms with Crippen LogP contribution in [-0.4, -0.2) is 31.2 Å². The van der Waals surface area contributed by atoms with Gasteiger partial charge in [0.2, 0.25) is 0 Å². The summed E-state index contributed by atoms with van der Waals surface area (Å²) in [6, 6.07) is 26.5. The van der Waals surface area contributed by atoms with Gasteiger partial charge in [-0.05, 0) is 90.0 Å². The number of aryl methyl sites for hydroxylation is 2. The standard InChI is InChI=1S/C32H33FN2/c1-23-10-13-28(20-34)31(18-23)30-9-4-7-26-6-2-3-8-29(26)32(30)27-14-11-24(12-15-27)19-25-21-35(22-25)17-5-16-33/h2-3,6,8,10-15,18,25H,4-5,7,9,16-17,19,21-22H2,1H3. The van der Waals surface area contributed by atoms with Gasteiger partial charge < -0.3 is 4.90 Å². The number of halogens is 1. The van der Waals surface area contributed by atoms with Gasteiger partial charge in [0.05, 0.1) is 18.3 Å². The van der Waals surface area contributed by atoms with Crippen LogP contribution in [0.1, 0.15) is 58.2 Å². The molecule has 2 aliphatic rings. The summed E-state index contributed by atoms with van der Waals surface area (Å²) in [6.45, 7) is 4.92. The van der Waals surface area contributed by atoms with Crippen LogP contribution in [0.15, 0.2) is 66.7 Å². The average Bonchev–Trinajstić information content (AvgIpc) is 3.05. The first-order valence-corrected chi connectivity index (χ1v) is 12.9. The Labute approximate surface area is 208 Å². The number of fused-ring (bicyclic) bond motifs is 1. The lowest BCUT2D eigenvalue weighted by Gasteiger charge is -2.39. The Morgan fingerprint density at radius 3 is 2.54 bits per heavy atom. The second kappa shape index (κ2) is 10.6. The number of alkyl halides is 1. The molecular formula is C32H33FN2. The molecule has 0 unspecified atom stereocenters. The molecule has 0 saturated carbocycles. The third kappa shape index (κ3) is 5.09. The van der Waals surface area contributed by atoms with Gasteiger partial charge in [-0.1, -0.05) is 66.2 Å². The van der Waals surface area contributed by atoms with E-state index in [9.17, 15) is 9.65 Å². The Bertz CT molecular complexity index is 1260. The maximum atomic E-state index is 12.4. The third-order valence-corrected chi connectivity index (χ3v) is 7.49. The zero-order chi connectivity index (χ0) is 24.2. The number of nitriles is 1. The average molecular weight is 465 g/mol. The fourth-order valence-corrected chi connectivity index (χ4v) is 5.74. The van der Waals surface area contributed by atoms with E-state index in [-0.39, 0.29) is 6.67 Å².